The SMILES string of the molecule is COc1ccc2ncn([C@H](C)Cc3cc(C)[nH]n3)c(=O)c2c1. The zero-order valence-corrected chi connectivity index (χ0v) is 12.8. The van der Waals surface area contributed by atoms with Crippen molar-refractivity contribution in [2.45, 2.75) is 26.3 Å². The van der Waals surface area contributed by atoms with Crippen LogP contribution in [0.5, 0.6) is 5.75 Å². The number of aromatic nitrogens is 4. The fourth-order valence-corrected chi connectivity index (χ4v) is 2.54. The summed E-state index contributed by atoms with van der Waals surface area (Å²) < 4.78 is 6.83. The van der Waals surface area contributed by atoms with Gasteiger partial charge in [0.25, 0.3) is 5.56 Å². The molecular formula is C16H18N4O2. The standard InChI is InChI=1S/C16H18N4O2/c1-10-6-12(19-18-10)7-11(2)20-9-17-15-5-4-13(22-3)8-14(15)16(20)21/h4-6,8-9,11H,7H2,1-3H3,(H,18,19)/t11-/m1/s1. The molecule has 114 valence electrons. The summed E-state index contributed by atoms with van der Waals surface area (Å²) in [6.45, 7) is 3.94. The van der Waals surface area contributed by atoms with E-state index in [4.69, 9.17) is 4.74 Å². The van der Waals surface area contributed by atoms with Crippen LogP contribution in [0.15, 0.2) is 35.4 Å². The predicted molar refractivity (Wildman–Crippen MR) is 84.3 cm³/mol. The molecule has 2 aromatic heterocycles. The summed E-state index contributed by atoms with van der Waals surface area (Å²) in [6, 6.07) is 7.28. The molecule has 3 aromatic rings. The highest BCUT2D eigenvalue weighted by molar-refractivity contribution is 5.78. The van der Waals surface area contributed by atoms with Crippen molar-refractivity contribution in [1.29, 1.82) is 0 Å². The van der Waals surface area contributed by atoms with Gasteiger partial charge >= 0.3 is 0 Å². The predicted octanol–water partition coefficient (Wildman–Crippen LogP) is 2.24. The second-order valence-electron chi connectivity index (χ2n) is 5.44. The number of methoxy groups -OCH3 is 1. The number of nitrogens with one attached hydrogen (secondary N) is 1. The Morgan fingerprint density at radius 3 is 2.86 bits per heavy atom. The number of benzene rings is 1. The lowest BCUT2D eigenvalue weighted by Crippen LogP contribution is -2.25. The van der Waals surface area contributed by atoms with Crippen molar-refractivity contribution < 1.29 is 4.74 Å². The molecule has 3 rings (SSSR count). The zero-order chi connectivity index (χ0) is 15.7. The van der Waals surface area contributed by atoms with Crippen molar-refractivity contribution in [2.75, 3.05) is 7.11 Å². The van der Waals surface area contributed by atoms with Gasteiger partial charge in [-0.25, -0.2) is 4.98 Å². The van der Waals surface area contributed by atoms with Crippen LogP contribution in [0.4, 0.5) is 0 Å². The average Bonchev–Trinajstić information content (AvgIpc) is 2.92. The van der Waals surface area contributed by atoms with Gasteiger partial charge in [0.15, 0.2) is 0 Å². The molecule has 1 atom stereocenters. The summed E-state index contributed by atoms with van der Waals surface area (Å²) in [5, 5.41) is 7.70. The molecule has 2 heterocycles. The molecule has 0 bridgehead atoms. The minimum absolute atomic E-state index is 0.0294. The second-order valence-corrected chi connectivity index (χ2v) is 5.44. The molecular weight excluding hydrogens is 280 g/mol. The topological polar surface area (TPSA) is 72.8 Å². The number of ether oxygens (including phenoxy) is 1. The summed E-state index contributed by atoms with van der Waals surface area (Å²) in [5.41, 5.74) is 2.55. The number of hydrogen-bond donors (Lipinski definition) is 1. The fraction of sp³-hybridized carbons (Fsp3) is 0.312. The minimum Gasteiger partial charge on any atom is -0.497 e. The van der Waals surface area contributed by atoms with Crippen molar-refractivity contribution in [1.82, 2.24) is 19.7 Å². The fourth-order valence-electron chi connectivity index (χ4n) is 2.54. The van der Waals surface area contributed by atoms with Crippen LogP contribution in [0.25, 0.3) is 10.9 Å². The maximum Gasteiger partial charge on any atom is 0.261 e. The van der Waals surface area contributed by atoms with Gasteiger partial charge in [0.1, 0.15) is 5.75 Å². The number of fused-ring (bicyclic) bond motifs is 1. The quantitative estimate of drug-likeness (QED) is 0.801. The maximum atomic E-state index is 12.7. The molecule has 0 fully saturated rings. The summed E-state index contributed by atoms with van der Waals surface area (Å²) in [4.78, 5) is 17.0. The monoisotopic (exact) mass is 298 g/mol. The third-order valence-corrected chi connectivity index (χ3v) is 3.73. The van der Waals surface area contributed by atoms with Crippen LogP contribution in [0.3, 0.4) is 0 Å². The molecule has 0 saturated carbocycles. The Hall–Kier alpha value is -2.63. The molecule has 6 heteroatoms. The number of aromatic amines is 1. The van der Waals surface area contributed by atoms with Gasteiger partial charge in [-0.15, -0.1) is 0 Å². The maximum absolute atomic E-state index is 12.7. The number of aryl methyl sites for hydroxylation is 1. The molecule has 0 spiro atoms. The average molecular weight is 298 g/mol. The Morgan fingerprint density at radius 2 is 2.18 bits per heavy atom. The summed E-state index contributed by atoms with van der Waals surface area (Å²) in [7, 11) is 1.58. The van der Waals surface area contributed by atoms with Gasteiger partial charge in [0, 0.05) is 18.2 Å². The number of hydrogen-bond acceptors (Lipinski definition) is 4. The molecule has 1 aromatic carbocycles. The summed E-state index contributed by atoms with van der Waals surface area (Å²) in [6.07, 6.45) is 2.27. The van der Waals surface area contributed by atoms with Crippen LogP contribution in [-0.2, 0) is 6.42 Å². The first kappa shape index (κ1) is 14.3. The van der Waals surface area contributed by atoms with Gasteiger partial charge in [-0.05, 0) is 38.1 Å². The van der Waals surface area contributed by atoms with E-state index in [1.54, 1.807) is 36.2 Å². The Balaban J connectivity index is 1.99. The highest BCUT2D eigenvalue weighted by Gasteiger charge is 2.13. The van der Waals surface area contributed by atoms with Crippen LogP contribution in [-0.4, -0.2) is 26.9 Å². The molecule has 0 aliphatic rings. The third-order valence-electron chi connectivity index (χ3n) is 3.73. The first-order chi connectivity index (χ1) is 10.6. The van der Waals surface area contributed by atoms with Crippen molar-refractivity contribution in [3.63, 3.8) is 0 Å². The summed E-state index contributed by atoms with van der Waals surface area (Å²) >= 11 is 0. The van der Waals surface area contributed by atoms with Crippen LogP contribution in [0, 0.1) is 6.92 Å². The van der Waals surface area contributed by atoms with E-state index >= 15 is 0 Å². The molecule has 1 N–H and O–H groups in total. The van der Waals surface area contributed by atoms with Crippen molar-refractivity contribution in [2.24, 2.45) is 0 Å². The van der Waals surface area contributed by atoms with Gasteiger partial charge in [0.2, 0.25) is 0 Å². The number of nitrogens with zero attached hydrogens (tertiary/aromatic N) is 3. The number of H-pyrrole nitrogens is 1. The van der Waals surface area contributed by atoms with Gasteiger partial charge in [-0.2, -0.15) is 5.10 Å². The van der Waals surface area contributed by atoms with Crippen LogP contribution >= 0.6 is 0 Å². The molecule has 6 nitrogen and oxygen atoms in total. The summed E-state index contributed by atoms with van der Waals surface area (Å²) in [5.74, 6) is 0.653. The number of rotatable bonds is 4. The lowest BCUT2D eigenvalue weighted by atomic mass is 10.1. The van der Waals surface area contributed by atoms with Crippen LogP contribution < -0.4 is 10.3 Å². The van der Waals surface area contributed by atoms with Gasteiger partial charge in [0.05, 0.1) is 30.0 Å². The van der Waals surface area contributed by atoms with E-state index in [1.165, 1.54) is 0 Å². The molecule has 0 aliphatic carbocycles. The molecule has 0 radical (unpaired) electrons. The van der Waals surface area contributed by atoms with Crippen LogP contribution in [0.2, 0.25) is 0 Å². The second kappa shape index (κ2) is 5.63. The Morgan fingerprint density at radius 1 is 1.36 bits per heavy atom. The Kier molecular flexibility index (Phi) is 3.66. The zero-order valence-electron chi connectivity index (χ0n) is 12.8. The molecule has 0 amide bonds. The lowest BCUT2D eigenvalue weighted by molar-refractivity contribution is 0.415. The lowest BCUT2D eigenvalue weighted by Gasteiger charge is -2.14. The van der Waals surface area contributed by atoms with E-state index < -0.39 is 0 Å². The third kappa shape index (κ3) is 2.59. The van der Waals surface area contributed by atoms with Gasteiger partial charge in [-0.3, -0.25) is 14.5 Å². The molecule has 0 aliphatic heterocycles. The van der Waals surface area contributed by atoms with E-state index in [0.29, 0.717) is 23.1 Å². The Labute approximate surface area is 127 Å². The molecule has 22 heavy (non-hydrogen) atoms. The van der Waals surface area contributed by atoms with Crippen LogP contribution in [0.1, 0.15) is 24.4 Å². The van der Waals surface area contributed by atoms with Crippen molar-refractivity contribution in [3.8, 4) is 5.75 Å². The van der Waals surface area contributed by atoms with Crippen molar-refractivity contribution in [3.05, 3.63) is 52.3 Å². The van der Waals surface area contributed by atoms with Gasteiger partial charge in [-0.1, -0.05) is 0 Å². The van der Waals surface area contributed by atoms with Gasteiger partial charge < -0.3 is 4.74 Å². The van der Waals surface area contributed by atoms with E-state index in [9.17, 15) is 4.79 Å². The minimum atomic E-state index is -0.0661. The first-order valence-electron chi connectivity index (χ1n) is 7.14. The normalized spacial score (nSPS) is 12.5. The molecule has 0 saturated heterocycles. The van der Waals surface area contributed by atoms with Crippen molar-refractivity contribution >= 4 is 10.9 Å². The Bertz CT molecular complexity index is 866. The van der Waals surface area contributed by atoms with E-state index in [1.807, 2.05) is 19.9 Å². The molecule has 0 unspecified atom stereocenters. The van der Waals surface area contributed by atoms with E-state index in [2.05, 4.69) is 15.2 Å². The van der Waals surface area contributed by atoms with E-state index in [-0.39, 0.29) is 11.6 Å². The highest BCUT2D eigenvalue weighted by atomic mass is 16.5. The van der Waals surface area contributed by atoms with E-state index in [0.717, 1.165) is 11.4 Å². The first-order valence-corrected chi connectivity index (χ1v) is 7.14. The highest BCUT2D eigenvalue weighted by Crippen LogP contribution is 2.17. The largest absolute Gasteiger partial charge is 0.497 e. The smallest absolute Gasteiger partial charge is 0.261 e.